The van der Waals surface area contributed by atoms with Crippen LogP contribution in [-0.2, 0) is 17.9 Å². The maximum absolute atomic E-state index is 13.5. The van der Waals surface area contributed by atoms with Crippen LogP contribution in [0.2, 0.25) is 0 Å². The Morgan fingerprint density at radius 1 is 0.889 bits per heavy atom. The van der Waals surface area contributed by atoms with E-state index in [2.05, 4.69) is 10.6 Å². The van der Waals surface area contributed by atoms with Gasteiger partial charge in [0.05, 0.1) is 19.7 Å². The number of nitrogens with zero attached hydrogens (tertiary/aromatic N) is 1. The highest BCUT2D eigenvalue weighted by Gasteiger charge is 2.14. The van der Waals surface area contributed by atoms with E-state index in [0.29, 0.717) is 22.6 Å². The molecule has 0 fully saturated rings. The van der Waals surface area contributed by atoms with Gasteiger partial charge in [0.1, 0.15) is 6.54 Å². The van der Waals surface area contributed by atoms with Crippen molar-refractivity contribution in [2.45, 2.75) is 20.0 Å². The van der Waals surface area contributed by atoms with Gasteiger partial charge >= 0.3 is 0 Å². The number of ether oxygens (including phenoxy) is 2. The smallest absolute Gasteiger partial charge is 0.256 e. The number of nitrogens with one attached hydrogen (secondary N) is 2. The predicted molar refractivity (Wildman–Crippen MR) is 135 cm³/mol. The summed E-state index contributed by atoms with van der Waals surface area (Å²) >= 11 is 0. The van der Waals surface area contributed by atoms with Crippen LogP contribution in [0.5, 0.6) is 11.5 Å². The lowest BCUT2D eigenvalue weighted by molar-refractivity contribution is -0.116. The van der Waals surface area contributed by atoms with E-state index in [-0.39, 0.29) is 24.3 Å². The van der Waals surface area contributed by atoms with E-state index >= 15 is 0 Å². The van der Waals surface area contributed by atoms with Crippen molar-refractivity contribution < 1.29 is 23.0 Å². The molecule has 0 aliphatic rings. The van der Waals surface area contributed by atoms with Crippen LogP contribution in [-0.4, -0.2) is 24.7 Å². The molecule has 0 atom stereocenters. The Morgan fingerprint density at radius 2 is 1.64 bits per heavy atom. The molecule has 0 radical (unpaired) electrons. The number of carbonyl (C=O) groups is 1. The Hall–Kier alpha value is -4.40. The first-order valence-electron chi connectivity index (χ1n) is 11.1. The van der Waals surface area contributed by atoms with Crippen molar-refractivity contribution in [1.29, 1.82) is 0 Å². The van der Waals surface area contributed by atoms with Crippen LogP contribution in [0.1, 0.15) is 11.1 Å². The van der Waals surface area contributed by atoms with E-state index in [1.807, 2.05) is 25.1 Å². The molecule has 0 aliphatic carbocycles. The minimum absolute atomic E-state index is 0.0960. The van der Waals surface area contributed by atoms with Gasteiger partial charge in [0.25, 0.3) is 5.56 Å². The summed E-state index contributed by atoms with van der Waals surface area (Å²) in [5, 5.41) is 6.51. The highest BCUT2D eigenvalue weighted by atomic mass is 19.2. The second kappa shape index (κ2) is 10.5. The van der Waals surface area contributed by atoms with Crippen molar-refractivity contribution >= 4 is 28.2 Å². The Balaban J connectivity index is 1.63. The lowest BCUT2D eigenvalue weighted by Gasteiger charge is -2.15. The van der Waals surface area contributed by atoms with E-state index in [1.54, 1.807) is 31.4 Å². The number of carbonyl (C=O) groups excluding carboxylic acids is 1. The number of pyridine rings is 1. The first kappa shape index (κ1) is 24.7. The summed E-state index contributed by atoms with van der Waals surface area (Å²) in [5.41, 5.74) is 2.43. The molecule has 0 spiro atoms. The molecule has 1 heterocycles. The van der Waals surface area contributed by atoms with Gasteiger partial charge in [0.15, 0.2) is 23.1 Å². The minimum Gasteiger partial charge on any atom is -0.493 e. The lowest BCUT2D eigenvalue weighted by atomic mass is 10.1. The van der Waals surface area contributed by atoms with Crippen molar-refractivity contribution in [1.82, 2.24) is 4.57 Å². The van der Waals surface area contributed by atoms with Crippen molar-refractivity contribution in [2.24, 2.45) is 0 Å². The summed E-state index contributed by atoms with van der Waals surface area (Å²) in [6.07, 6.45) is 0. The summed E-state index contributed by atoms with van der Waals surface area (Å²) < 4.78 is 38.7. The van der Waals surface area contributed by atoms with Crippen molar-refractivity contribution in [2.75, 3.05) is 24.9 Å². The number of aromatic nitrogens is 1. The fraction of sp³-hybridized carbons (Fsp3) is 0.185. The lowest BCUT2D eigenvalue weighted by Crippen LogP contribution is -2.30. The topological polar surface area (TPSA) is 81.6 Å². The van der Waals surface area contributed by atoms with Crippen molar-refractivity contribution in [3.05, 3.63) is 93.8 Å². The third-order valence-corrected chi connectivity index (χ3v) is 5.70. The number of hydrogen-bond acceptors (Lipinski definition) is 5. The van der Waals surface area contributed by atoms with Crippen LogP contribution in [0, 0.1) is 18.6 Å². The molecule has 0 bridgehead atoms. The molecule has 186 valence electrons. The second-order valence-corrected chi connectivity index (χ2v) is 8.22. The third-order valence-electron chi connectivity index (χ3n) is 5.70. The van der Waals surface area contributed by atoms with Gasteiger partial charge in [-0.3, -0.25) is 14.2 Å². The summed E-state index contributed by atoms with van der Waals surface area (Å²) in [6, 6.07) is 15.8. The summed E-state index contributed by atoms with van der Waals surface area (Å²) in [4.78, 5) is 26.2. The molecular weight excluding hydrogens is 468 g/mol. The van der Waals surface area contributed by atoms with Gasteiger partial charge < -0.3 is 20.1 Å². The van der Waals surface area contributed by atoms with Gasteiger partial charge in [0, 0.05) is 35.6 Å². The zero-order chi connectivity index (χ0) is 25.8. The number of benzene rings is 3. The number of hydrogen-bond donors (Lipinski definition) is 2. The second-order valence-electron chi connectivity index (χ2n) is 8.22. The predicted octanol–water partition coefficient (Wildman–Crippen LogP) is 4.86. The fourth-order valence-electron chi connectivity index (χ4n) is 3.89. The molecule has 4 aromatic rings. The van der Waals surface area contributed by atoms with E-state index in [9.17, 15) is 18.4 Å². The number of amides is 1. The minimum atomic E-state index is -1.07. The molecule has 4 rings (SSSR count). The van der Waals surface area contributed by atoms with Crippen LogP contribution in [0.3, 0.4) is 0 Å². The van der Waals surface area contributed by atoms with E-state index < -0.39 is 17.5 Å². The first-order valence-corrected chi connectivity index (χ1v) is 11.1. The molecule has 0 saturated carbocycles. The summed E-state index contributed by atoms with van der Waals surface area (Å²) in [5.74, 6) is -1.51. The Labute approximate surface area is 206 Å². The number of aryl methyl sites for hydroxylation is 1. The monoisotopic (exact) mass is 493 g/mol. The quantitative estimate of drug-likeness (QED) is 0.367. The number of rotatable bonds is 8. The molecule has 36 heavy (non-hydrogen) atoms. The van der Waals surface area contributed by atoms with E-state index in [4.69, 9.17) is 9.47 Å². The van der Waals surface area contributed by atoms with Crippen LogP contribution in [0.15, 0.2) is 65.5 Å². The first-order chi connectivity index (χ1) is 17.3. The maximum atomic E-state index is 13.5. The molecule has 9 heteroatoms. The molecule has 1 aromatic heterocycles. The molecule has 2 N–H and O–H groups in total. The van der Waals surface area contributed by atoms with Crippen LogP contribution in [0.4, 0.5) is 20.2 Å². The van der Waals surface area contributed by atoms with Gasteiger partial charge in [-0.25, -0.2) is 8.78 Å². The highest BCUT2D eigenvalue weighted by Crippen LogP contribution is 2.30. The highest BCUT2D eigenvalue weighted by molar-refractivity contribution is 5.92. The Kier molecular flexibility index (Phi) is 7.19. The van der Waals surface area contributed by atoms with Crippen molar-refractivity contribution in [3.63, 3.8) is 0 Å². The normalized spacial score (nSPS) is 10.8. The van der Waals surface area contributed by atoms with Crippen LogP contribution in [0.25, 0.3) is 10.9 Å². The number of anilines is 2. The standard InChI is InChI=1S/C27H25F2N3O4/c1-16-4-5-17-11-18(14-30-19-7-9-24(35-2)25(13-19)36-3)27(34)32(23(17)10-16)15-26(33)31-20-6-8-21(28)22(29)12-20/h4-13,30H,14-15H2,1-3H3,(H,31,33). The molecule has 0 aliphatic heterocycles. The third kappa shape index (κ3) is 5.30. The number of halogens is 2. The van der Waals surface area contributed by atoms with Gasteiger partial charge in [-0.1, -0.05) is 12.1 Å². The number of fused-ring (bicyclic) bond motifs is 1. The molecule has 0 unspecified atom stereocenters. The summed E-state index contributed by atoms with van der Waals surface area (Å²) in [6.45, 7) is 1.78. The average Bonchev–Trinajstić information content (AvgIpc) is 2.87. The largest absolute Gasteiger partial charge is 0.493 e. The summed E-state index contributed by atoms with van der Waals surface area (Å²) in [7, 11) is 3.09. The van der Waals surface area contributed by atoms with Gasteiger partial charge in [0.2, 0.25) is 5.91 Å². The van der Waals surface area contributed by atoms with E-state index in [0.717, 1.165) is 28.8 Å². The van der Waals surface area contributed by atoms with Gasteiger partial charge in [-0.05, 0) is 54.3 Å². The average molecular weight is 494 g/mol. The molecule has 7 nitrogen and oxygen atoms in total. The Bertz CT molecular complexity index is 1500. The molecule has 1 amide bonds. The molecule has 3 aromatic carbocycles. The Morgan fingerprint density at radius 3 is 2.36 bits per heavy atom. The fourth-order valence-corrected chi connectivity index (χ4v) is 3.89. The van der Waals surface area contributed by atoms with Gasteiger partial charge in [-0.2, -0.15) is 0 Å². The van der Waals surface area contributed by atoms with Crippen LogP contribution < -0.4 is 25.7 Å². The zero-order valence-corrected chi connectivity index (χ0v) is 20.0. The maximum Gasteiger partial charge on any atom is 0.256 e. The molecule has 0 saturated heterocycles. The SMILES string of the molecule is COc1ccc(NCc2cc3ccc(C)cc3n(CC(=O)Nc3ccc(F)c(F)c3)c2=O)cc1OC. The van der Waals surface area contributed by atoms with Crippen molar-refractivity contribution in [3.8, 4) is 11.5 Å². The van der Waals surface area contributed by atoms with Crippen LogP contribution >= 0.6 is 0 Å². The van der Waals surface area contributed by atoms with E-state index in [1.165, 1.54) is 17.7 Å². The zero-order valence-electron chi connectivity index (χ0n) is 20.0. The number of methoxy groups -OCH3 is 2. The molecular formula is C27H25F2N3O4. The van der Waals surface area contributed by atoms with Gasteiger partial charge in [-0.15, -0.1) is 0 Å².